The van der Waals surface area contributed by atoms with Gasteiger partial charge < -0.3 is 18.9 Å². The van der Waals surface area contributed by atoms with Gasteiger partial charge in [-0.25, -0.2) is 4.79 Å². The van der Waals surface area contributed by atoms with Crippen LogP contribution < -0.4 is 4.74 Å². The molecule has 3 unspecified atom stereocenters. The molecule has 0 amide bonds. The van der Waals surface area contributed by atoms with Crippen molar-refractivity contribution in [2.75, 3.05) is 13.7 Å². The first-order valence-corrected chi connectivity index (χ1v) is 8.61. The average molecular weight is 358 g/mol. The summed E-state index contributed by atoms with van der Waals surface area (Å²) in [6.45, 7) is 3.59. The highest BCUT2D eigenvalue weighted by molar-refractivity contribution is 6.22. The number of methoxy groups -OCH3 is 1. The van der Waals surface area contributed by atoms with E-state index in [1.54, 1.807) is 7.11 Å². The summed E-state index contributed by atoms with van der Waals surface area (Å²) < 4.78 is 21.3. The molecule has 1 fully saturated rings. The molecule has 0 bridgehead atoms. The lowest BCUT2D eigenvalue weighted by atomic mass is 9.77. The summed E-state index contributed by atoms with van der Waals surface area (Å²) in [5, 5.41) is 0. The quantitative estimate of drug-likeness (QED) is 0.592. The minimum Gasteiger partial charge on any atom is -0.496 e. The van der Waals surface area contributed by atoms with Crippen LogP contribution >= 0.6 is 0 Å². The average Bonchev–Trinajstić information content (AvgIpc) is 2.66. The number of fused-ring (bicyclic) bond motifs is 1. The fourth-order valence-electron chi connectivity index (χ4n) is 3.42. The van der Waals surface area contributed by atoms with E-state index in [0.717, 1.165) is 5.56 Å². The first-order valence-electron chi connectivity index (χ1n) is 8.61. The third kappa shape index (κ3) is 3.74. The van der Waals surface area contributed by atoms with Crippen LogP contribution in [0.4, 0.5) is 4.79 Å². The topological polar surface area (TPSA) is 71.1 Å². The van der Waals surface area contributed by atoms with Crippen molar-refractivity contribution in [2.45, 2.75) is 31.5 Å². The summed E-state index contributed by atoms with van der Waals surface area (Å²) in [4.78, 5) is 24.5. The van der Waals surface area contributed by atoms with Crippen molar-refractivity contribution < 1.29 is 28.5 Å². The molecule has 138 valence electrons. The van der Waals surface area contributed by atoms with Crippen molar-refractivity contribution in [3.8, 4) is 5.75 Å². The summed E-state index contributed by atoms with van der Waals surface area (Å²) >= 11 is 0. The molecule has 0 radical (unpaired) electrons. The molecule has 6 nitrogen and oxygen atoms in total. The lowest BCUT2D eigenvalue weighted by molar-refractivity contribution is -0.127. The van der Waals surface area contributed by atoms with Crippen LogP contribution in [0.1, 0.15) is 24.8 Å². The first kappa shape index (κ1) is 18.0. The van der Waals surface area contributed by atoms with Crippen LogP contribution in [0.2, 0.25) is 0 Å². The van der Waals surface area contributed by atoms with Gasteiger partial charge in [0.1, 0.15) is 24.6 Å². The number of carbonyl (C=O) groups excluding carboxylic acids is 2. The summed E-state index contributed by atoms with van der Waals surface area (Å²) in [5.41, 5.74) is 1.25. The molecule has 0 aromatic heterocycles. The zero-order chi connectivity index (χ0) is 18.5. The SMILES string of the molecule is C=CCOC(=O)OC1CCC2C(=O)C(c3ccccc3OC)=COC2C1. The maximum absolute atomic E-state index is 13.0. The Hall–Kier alpha value is -2.76. The summed E-state index contributed by atoms with van der Waals surface area (Å²) in [6.07, 6.45) is 3.30. The van der Waals surface area contributed by atoms with Gasteiger partial charge in [-0.1, -0.05) is 30.9 Å². The molecule has 2 aliphatic rings. The number of hydrogen-bond acceptors (Lipinski definition) is 6. The Kier molecular flexibility index (Phi) is 5.61. The predicted molar refractivity (Wildman–Crippen MR) is 94.6 cm³/mol. The Morgan fingerprint density at radius 3 is 2.92 bits per heavy atom. The highest BCUT2D eigenvalue weighted by Gasteiger charge is 2.42. The summed E-state index contributed by atoms with van der Waals surface area (Å²) in [7, 11) is 1.57. The second-order valence-corrected chi connectivity index (χ2v) is 6.28. The van der Waals surface area contributed by atoms with Gasteiger partial charge in [0.25, 0.3) is 0 Å². The Balaban J connectivity index is 1.69. The van der Waals surface area contributed by atoms with Gasteiger partial charge in [0.2, 0.25) is 0 Å². The van der Waals surface area contributed by atoms with Crippen molar-refractivity contribution in [3.05, 3.63) is 48.7 Å². The number of carbonyl (C=O) groups is 2. The molecule has 1 aliphatic carbocycles. The van der Waals surface area contributed by atoms with E-state index >= 15 is 0 Å². The molecular weight excluding hydrogens is 336 g/mol. The zero-order valence-corrected chi connectivity index (χ0v) is 14.7. The molecule has 0 saturated heterocycles. The highest BCUT2D eigenvalue weighted by Crippen LogP contribution is 2.39. The lowest BCUT2D eigenvalue weighted by Gasteiger charge is -2.37. The van der Waals surface area contributed by atoms with E-state index in [9.17, 15) is 9.59 Å². The molecule has 3 rings (SSSR count). The van der Waals surface area contributed by atoms with Crippen molar-refractivity contribution in [1.29, 1.82) is 0 Å². The van der Waals surface area contributed by atoms with Gasteiger partial charge in [-0.2, -0.15) is 0 Å². The van der Waals surface area contributed by atoms with Gasteiger partial charge in [0, 0.05) is 12.0 Å². The fourth-order valence-corrected chi connectivity index (χ4v) is 3.42. The minimum absolute atomic E-state index is 0.0402. The number of Topliss-reactive ketones (excluding diaryl/α,β-unsaturated/α-hetero) is 1. The maximum atomic E-state index is 13.0. The molecule has 1 aromatic carbocycles. The van der Waals surface area contributed by atoms with Crippen LogP contribution in [0.3, 0.4) is 0 Å². The van der Waals surface area contributed by atoms with E-state index in [1.807, 2.05) is 24.3 Å². The summed E-state index contributed by atoms with van der Waals surface area (Å²) in [5.74, 6) is 0.429. The predicted octanol–water partition coefficient (Wildman–Crippen LogP) is 3.51. The van der Waals surface area contributed by atoms with Gasteiger partial charge in [-0.15, -0.1) is 0 Å². The van der Waals surface area contributed by atoms with Crippen LogP contribution in [0.5, 0.6) is 5.75 Å². The Bertz CT molecular complexity index is 723. The molecule has 6 heteroatoms. The van der Waals surface area contributed by atoms with Crippen molar-refractivity contribution in [1.82, 2.24) is 0 Å². The van der Waals surface area contributed by atoms with Crippen molar-refractivity contribution in [2.24, 2.45) is 5.92 Å². The van der Waals surface area contributed by atoms with Crippen molar-refractivity contribution >= 4 is 17.5 Å². The van der Waals surface area contributed by atoms with E-state index in [1.165, 1.54) is 12.3 Å². The molecule has 0 spiro atoms. The molecule has 0 N–H and O–H groups in total. The molecule has 1 aromatic rings. The molecule has 1 saturated carbocycles. The number of ketones is 1. The van der Waals surface area contributed by atoms with Crippen LogP contribution in [-0.4, -0.2) is 37.9 Å². The van der Waals surface area contributed by atoms with E-state index in [4.69, 9.17) is 18.9 Å². The maximum Gasteiger partial charge on any atom is 0.508 e. The molecule has 26 heavy (non-hydrogen) atoms. The molecule has 1 aliphatic heterocycles. The van der Waals surface area contributed by atoms with Crippen LogP contribution in [0.25, 0.3) is 5.57 Å². The Labute approximate surface area is 152 Å². The monoisotopic (exact) mass is 358 g/mol. The second-order valence-electron chi connectivity index (χ2n) is 6.28. The highest BCUT2D eigenvalue weighted by atomic mass is 16.7. The van der Waals surface area contributed by atoms with Crippen LogP contribution in [0.15, 0.2) is 43.2 Å². The standard InChI is InChI=1S/C20H22O6/c1-3-10-24-20(22)26-13-8-9-15-18(11-13)25-12-16(19(15)21)14-6-4-5-7-17(14)23-2/h3-7,12-13,15,18H,1,8-11H2,2H3. The van der Waals surface area contributed by atoms with Crippen LogP contribution in [-0.2, 0) is 19.0 Å². The van der Waals surface area contributed by atoms with Gasteiger partial charge in [-0.3, -0.25) is 4.79 Å². The number of rotatable bonds is 5. The number of benzene rings is 1. The third-order valence-corrected chi connectivity index (χ3v) is 4.69. The minimum atomic E-state index is -0.722. The number of para-hydroxylation sites is 1. The largest absolute Gasteiger partial charge is 0.508 e. The lowest BCUT2D eigenvalue weighted by Crippen LogP contribution is -2.42. The van der Waals surface area contributed by atoms with E-state index < -0.39 is 6.16 Å². The van der Waals surface area contributed by atoms with Gasteiger partial charge in [-0.05, 0) is 18.9 Å². The molecule has 3 atom stereocenters. The van der Waals surface area contributed by atoms with E-state index in [2.05, 4.69) is 6.58 Å². The summed E-state index contributed by atoms with van der Waals surface area (Å²) in [6, 6.07) is 7.37. The van der Waals surface area contributed by atoms with E-state index in [-0.39, 0.29) is 30.5 Å². The van der Waals surface area contributed by atoms with Crippen molar-refractivity contribution in [3.63, 3.8) is 0 Å². The molecule has 1 heterocycles. The normalized spacial score (nSPS) is 24.6. The number of ether oxygens (including phenoxy) is 4. The fraction of sp³-hybridized carbons (Fsp3) is 0.400. The zero-order valence-electron chi connectivity index (χ0n) is 14.7. The van der Waals surface area contributed by atoms with Crippen LogP contribution in [0, 0.1) is 5.92 Å². The number of hydrogen-bond donors (Lipinski definition) is 0. The first-order chi connectivity index (χ1) is 12.6. The number of allylic oxidation sites excluding steroid dienone is 1. The smallest absolute Gasteiger partial charge is 0.496 e. The third-order valence-electron chi connectivity index (χ3n) is 4.69. The van der Waals surface area contributed by atoms with E-state index in [0.29, 0.717) is 30.6 Å². The van der Waals surface area contributed by atoms with Gasteiger partial charge in [0.15, 0.2) is 5.78 Å². The Morgan fingerprint density at radius 1 is 1.35 bits per heavy atom. The molecular formula is C20H22O6. The Morgan fingerprint density at radius 2 is 2.15 bits per heavy atom. The van der Waals surface area contributed by atoms with Gasteiger partial charge >= 0.3 is 6.16 Å². The van der Waals surface area contributed by atoms with Gasteiger partial charge in [0.05, 0.1) is 24.9 Å². The second kappa shape index (κ2) is 8.08.